The second kappa shape index (κ2) is 6.83. The van der Waals surface area contributed by atoms with Crippen molar-refractivity contribution in [1.82, 2.24) is 14.0 Å². The number of carbonyl (C=O) groups is 1. The predicted octanol–water partition coefficient (Wildman–Crippen LogP) is 5.11. The first-order valence-corrected chi connectivity index (χ1v) is 9.72. The van der Waals surface area contributed by atoms with E-state index in [1.165, 1.54) is 0 Å². The Kier molecular flexibility index (Phi) is 4.03. The molecule has 3 aromatic heterocycles. The van der Waals surface area contributed by atoms with E-state index in [9.17, 15) is 4.79 Å². The summed E-state index contributed by atoms with van der Waals surface area (Å²) in [6.07, 6.45) is 7.90. The maximum atomic E-state index is 12.8. The second-order valence-electron chi connectivity index (χ2n) is 6.36. The molecule has 28 heavy (non-hydrogen) atoms. The lowest BCUT2D eigenvalue weighted by Gasteiger charge is -2.10. The maximum Gasteiger partial charge on any atom is 0.255 e. The van der Waals surface area contributed by atoms with Crippen molar-refractivity contribution >= 4 is 27.9 Å². The van der Waals surface area contributed by atoms with Gasteiger partial charge in [-0.3, -0.25) is 9.20 Å². The smallest absolute Gasteiger partial charge is 0.255 e. The highest BCUT2D eigenvalue weighted by molar-refractivity contribution is 7.15. The van der Waals surface area contributed by atoms with Crippen LogP contribution < -0.4 is 5.32 Å². The summed E-state index contributed by atoms with van der Waals surface area (Å²) in [5.41, 5.74) is 4.10. The van der Waals surface area contributed by atoms with Crippen LogP contribution in [0.5, 0.6) is 0 Å². The summed E-state index contributed by atoms with van der Waals surface area (Å²) in [6.45, 7) is 0. The molecule has 2 aromatic carbocycles. The fraction of sp³-hybridized carbons (Fsp3) is 0. The third kappa shape index (κ3) is 3.00. The van der Waals surface area contributed by atoms with E-state index in [1.807, 2.05) is 99.8 Å². The van der Waals surface area contributed by atoms with Crippen molar-refractivity contribution in [1.29, 1.82) is 0 Å². The third-order valence-electron chi connectivity index (χ3n) is 4.58. The molecule has 5 nitrogen and oxygen atoms in total. The standard InChI is InChI=1S/C22H16N4OS/c27-21(16-7-9-17(10-8-16)25-11-3-4-12-25)23-19-6-2-1-5-18(19)20-15-26-13-14-28-22(26)24-20/h1-15H,(H,23,27). The first kappa shape index (κ1) is 16.5. The van der Waals surface area contributed by atoms with Gasteiger partial charge in [-0.15, -0.1) is 11.3 Å². The molecular formula is C22H16N4OS. The van der Waals surface area contributed by atoms with Gasteiger partial charge in [0.25, 0.3) is 5.91 Å². The van der Waals surface area contributed by atoms with Gasteiger partial charge in [-0.2, -0.15) is 0 Å². The molecule has 0 aliphatic rings. The van der Waals surface area contributed by atoms with E-state index in [4.69, 9.17) is 0 Å². The van der Waals surface area contributed by atoms with Crippen LogP contribution in [0.3, 0.4) is 0 Å². The number of hydrogen-bond donors (Lipinski definition) is 1. The van der Waals surface area contributed by atoms with Crippen LogP contribution in [0.15, 0.2) is 90.8 Å². The Morgan fingerprint density at radius 2 is 1.71 bits per heavy atom. The van der Waals surface area contributed by atoms with E-state index < -0.39 is 0 Å². The summed E-state index contributed by atoms with van der Waals surface area (Å²) in [6, 6.07) is 19.2. The zero-order valence-corrected chi connectivity index (χ0v) is 15.6. The van der Waals surface area contributed by atoms with E-state index in [2.05, 4.69) is 10.3 Å². The number of anilines is 1. The summed E-state index contributed by atoms with van der Waals surface area (Å²) < 4.78 is 3.99. The monoisotopic (exact) mass is 384 g/mol. The molecule has 5 aromatic rings. The number of carbonyl (C=O) groups excluding carboxylic acids is 1. The van der Waals surface area contributed by atoms with Crippen molar-refractivity contribution in [2.45, 2.75) is 0 Å². The number of para-hydroxylation sites is 1. The van der Waals surface area contributed by atoms with Gasteiger partial charge in [0.1, 0.15) is 0 Å². The molecule has 0 aliphatic carbocycles. The summed E-state index contributed by atoms with van der Waals surface area (Å²) in [7, 11) is 0. The first-order valence-electron chi connectivity index (χ1n) is 8.84. The van der Waals surface area contributed by atoms with E-state index >= 15 is 0 Å². The number of thiazole rings is 1. The van der Waals surface area contributed by atoms with E-state index in [0.717, 1.165) is 27.6 Å². The number of imidazole rings is 1. The van der Waals surface area contributed by atoms with Crippen LogP contribution in [0.4, 0.5) is 5.69 Å². The van der Waals surface area contributed by atoms with Gasteiger partial charge in [0, 0.05) is 47.0 Å². The molecule has 0 spiro atoms. The van der Waals surface area contributed by atoms with Crippen LogP contribution >= 0.6 is 11.3 Å². The number of nitrogens with one attached hydrogen (secondary N) is 1. The molecule has 0 saturated heterocycles. The van der Waals surface area contributed by atoms with Crippen LogP contribution in [0, 0.1) is 0 Å². The van der Waals surface area contributed by atoms with Gasteiger partial charge >= 0.3 is 0 Å². The van der Waals surface area contributed by atoms with Gasteiger partial charge in [-0.05, 0) is 42.5 Å². The minimum Gasteiger partial charge on any atom is -0.324 e. The number of aromatic nitrogens is 3. The molecule has 0 bridgehead atoms. The first-order chi connectivity index (χ1) is 13.8. The Morgan fingerprint density at radius 3 is 2.50 bits per heavy atom. The van der Waals surface area contributed by atoms with Crippen LogP contribution in [0.25, 0.3) is 21.9 Å². The lowest BCUT2D eigenvalue weighted by Crippen LogP contribution is -2.12. The quantitative estimate of drug-likeness (QED) is 0.468. The van der Waals surface area contributed by atoms with Crippen LogP contribution in [0.1, 0.15) is 10.4 Å². The fourth-order valence-corrected chi connectivity index (χ4v) is 3.86. The van der Waals surface area contributed by atoms with Gasteiger partial charge in [-0.1, -0.05) is 18.2 Å². The van der Waals surface area contributed by atoms with E-state index in [-0.39, 0.29) is 5.91 Å². The number of amides is 1. The highest BCUT2D eigenvalue weighted by atomic mass is 32.1. The molecule has 6 heteroatoms. The van der Waals surface area contributed by atoms with E-state index in [0.29, 0.717) is 5.56 Å². The van der Waals surface area contributed by atoms with Gasteiger partial charge in [0.05, 0.1) is 11.4 Å². The molecule has 1 amide bonds. The van der Waals surface area contributed by atoms with Crippen molar-refractivity contribution in [3.05, 3.63) is 96.4 Å². The molecular weight excluding hydrogens is 368 g/mol. The topological polar surface area (TPSA) is 51.3 Å². The number of benzene rings is 2. The molecule has 0 aliphatic heterocycles. The molecule has 0 saturated carbocycles. The average molecular weight is 384 g/mol. The van der Waals surface area contributed by atoms with Gasteiger partial charge in [0.2, 0.25) is 0 Å². The Morgan fingerprint density at radius 1 is 0.929 bits per heavy atom. The van der Waals surface area contributed by atoms with Gasteiger partial charge < -0.3 is 9.88 Å². The highest BCUT2D eigenvalue weighted by Crippen LogP contribution is 2.28. The molecule has 0 unspecified atom stereocenters. The SMILES string of the molecule is O=C(Nc1ccccc1-c1cn2ccsc2n1)c1ccc(-n2cccc2)cc1. The van der Waals surface area contributed by atoms with Crippen molar-refractivity contribution in [2.24, 2.45) is 0 Å². The van der Waals surface area contributed by atoms with Gasteiger partial charge in [-0.25, -0.2) is 4.98 Å². The largest absolute Gasteiger partial charge is 0.324 e. The summed E-state index contributed by atoms with van der Waals surface area (Å²) in [4.78, 5) is 18.4. The Balaban J connectivity index is 1.41. The normalized spacial score (nSPS) is 11.0. The summed E-state index contributed by atoms with van der Waals surface area (Å²) in [5, 5.41) is 5.02. The zero-order valence-electron chi connectivity index (χ0n) is 14.8. The third-order valence-corrected chi connectivity index (χ3v) is 5.35. The van der Waals surface area contributed by atoms with E-state index in [1.54, 1.807) is 11.3 Å². The number of hydrogen-bond acceptors (Lipinski definition) is 3. The van der Waals surface area contributed by atoms with Crippen LogP contribution in [-0.4, -0.2) is 19.9 Å². The fourth-order valence-electron chi connectivity index (χ4n) is 3.16. The average Bonchev–Trinajstić information content (AvgIpc) is 3.46. The predicted molar refractivity (Wildman–Crippen MR) is 112 cm³/mol. The molecule has 0 radical (unpaired) electrons. The summed E-state index contributed by atoms with van der Waals surface area (Å²) in [5.74, 6) is -0.146. The summed E-state index contributed by atoms with van der Waals surface area (Å²) >= 11 is 1.58. The maximum absolute atomic E-state index is 12.8. The Bertz CT molecular complexity index is 1220. The number of fused-ring (bicyclic) bond motifs is 1. The van der Waals surface area contributed by atoms with Crippen molar-refractivity contribution in [2.75, 3.05) is 5.32 Å². The van der Waals surface area contributed by atoms with Crippen LogP contribution in [0.2, 0.25) is 0 Å². The lowest BCUT2D eigenvalue weighted by atomic mass is 10.1. The van der Waals surface area contributed by atoms with Crippen molar-refractivity contribution < 1.29 is 4.79 Å². The molecule has 5 rings (SSSR count). The van der Waals surface area contributed by atoms with Crippen molar-refractivity contribution in [3.63, 3.8) is 0 Å². The molecule has 136 valence electrons. The Labute approximate surface area is 165 Å². The number of rotatable bonds is 4. The van der Waals surface area contributed by atoms with Crippen LogP contribution in [-0.2, 0) is 0 Å². The highest BCUT2D eigenvalue weighted by Gasteiger charge is 2.13. The lowest BCUT2D eigenvalue weighted by molar-refractivity contribution is 0.102. The van der Waals surface area contributed by atoms with Gasteiger partial charge in [0.15, 0.2) is 4.96 Å². The minimum absolute atomic E-state index is 0.146. The molecule has 0 fully saturated rings. The zero-order chi connectivity index (χ0) is 18.9. The molecule has 1 N–H and O–H groups in total. The molecule has 3 heterocycles. The number of nitrogens with zero attached hydrogens (tertiary/aromatic N) is 3. The Hall–Kier alpha value is -3.64. The second-order valence-corrected chi connectivity index (χ2v) is 7.23. The molecule has 0 atom stereocenters. The van der Waals surface area contributed by atoms with Crippen molar-refractivity contribution in [3.8, 4) is 16.9 Å². The minimum atomic E-state index is -0.146.